The zero-order chi connectivity index (χ0) is 13.1. The summed E-state index contributed by atoms with van der Waals surface area (Å²) in [7, 11) is 1.27. The van der Waals surface area contributed by atoms with Crippen molar-refractivity contribution in [2.75, 3.05) is 7.11 Å². The molecule has 2 heterocycles. The number of aromatic nitrogens is 2. The van der Waals surface area contributed by atoms with Crippen LogP contribution in [0, 0.1) is 0 Å². The number of ether oxygens (including phenoxy) is 1. The summed E-state index contributed by atoms with van der Waals surface area (Å²) in [5, 5.41) is 0. The van der Waals surface area contributed by atoms with E-state index in [1.54, 1.807) is 0 Å². The molecule has 7 heteroatoms. The predicted octanol–water partition coefficient (Wildman–Crippen LogP) is 1.53. The highest BCUT2D eigenvalue weighted by Gasteiger charge is 2.18. The second kappa shape index (κ2) is 5.01. The highest BCUT2D eigenvalue weighted by molar-refractivity contribution is 5.87. The first-order valence-corrected chi connectivity index (χ1v) is 5.41. The van der Waals surface area contributed by atoms with E-state index in [2.05, 4.69) is 14.7 Å². The minimum atomic E-state index is -0.570. The molecule has 7 nitrogen and oxygen atoms in total. The first-order chi connectivity index (χ1) is 8.65. The van der Waals surface area contributed by atoms with Crippen molar-refractivity contribution in [1.29, 1.82) is 0 Å². The molecule has 0 aliphatic carbocycles. The Morgan fingerprint density at radius 2 is 2.22 bits per heavy atom. The van der Waals surface area contributed by atoms with Gasteiger partial charge < -0.3 is 19.3 Å². The Kier molecular flexibility index (Phi) is 3.42. The van der Waals surface area contributed by atoms with Gasteiger partial charge in [-0.3, -0.25) is 0 Å². The molecule has 1 unspecified atom stereocenters. The van der Waals surface area contributed by atoms with Gasteiger partial charge in [0.15, 0.2) is 11.4 Å². The molecular formula is C11H13N3O4. The molecule has 2 aromatic rings. The summed E-state index contributed by atoms with van der Waals surface area (Å²) in [6.07, 6.45) is 3.30. The van der Waals surface area contributed by atoms with E-state index in [9.17, 15) is 4.79 Å². The van der Waals surface area contributed by atoms with Crippen LogP contribution in [0.1, 0.15) is 35.8 Å². The lowest BCUT2D eigenvalue weighted by atomic mass is 10.2. The Labute approximate surface area is 103 Å². The molecule has 0 spiro atoms. The van der Waals surface area contributed by atoms with Crippen LogP contribution >= 0.6 is 0 Å². The smallest absolute Gasteiger partial charge is 0.360 e. The van der Waals surface area contributed by atoms with Crippen molar-refractivity contribution in [2.45, 2.75) is 19.4 Å². The van der Waals surface area contributed by atoms with Gasteiger partial charge in [0, 0.05) is 0 Å². The Balaban J connectivity index is 2.24. The Hall–Kier alpha value is -2.15. The second-order valence-electron chi connectivity index (χ2n) is 3.62. The molecule has 1 atom stereocenters. The van der Waals surface area contributed by atoms with Gasteiger partial charge in [0.1, 0.15) is 12.5 Å². The van der Waals surface area contributed by atoms with E-state index < -0.39 is 5.97 Å². The molecule has 2 N–H and O–H groups in total. The highest BCUT2D eigenvalue weighted by Crippen LogP contribution is 2.21. The molecule has 0 aliphatic rings. The monoisotopic (exact) mass is 251 g/mol. The number of hydrogen-bond donors (Lipinski definition) is 1. The summed E-state index contributed by atoms with van der Waals surface area (Å²) < 4.78 is 14.9. The van der Waals surface area contributed by atoms with E-state index in [1.807, 2.05) is 6.92 Å². The number of oxazole rings is 2. The number of esters is 1. The van der Waals surface area contributed by atoms with E-state index in [-0.39, 0.29) is 17.6 Å². The average Bonchev–Trinajstić information content (AvgIpc) is 3.04. The molecule has 0 saturated carbocycles. The fourth-order valence-electron chi connectivity index (χ4n) is 1.32. The second-order valence-corrected chi connectivity index (χ2v) is 3.62. The standard InChI is InChI=1S/C11H13N3O4/c1-3-6(12)9-13-7(4-17-9)10-14-8(5-18-10)11(15)16-2/h4-6H,3,12H2,1-2H3. The summed E-state index contributed by atoms with van der Waals surface area (Å²) in [6, 6.07) is -0.270. The summed E-state index contributed by atoms with van der Waals surface area (Å²) >= 11 is 0. The van der Waals surface area contributed by atoms with E-state index >= 15 is 0 Å². The van der Waals surface area contributed by atoms with Crippen molar-refractivity contribution in [3.63, 3.8) is 0 Å². The summed E-state index contributed by atoms with van der Waals surface area (Å²) in [5.41, 5.74) is 6.25. The minimum Gasteiger partial charge on any atom is -0.464 e. The van der Waals surface area contributed by atoms with Crippen LogP contribution in [-0.4, -0.2) is 23.0 Å². The van der Waals surface area contributed by atoms with Crippen LogP contribution in [0.5, 0.6) is 0 Å². The number of nitrogens with zero attached hydrogens (tertiary/aromatic N) is 2. The number of hydrogen-bond acceptors (Lipinski definition) is 7. The molecule has 0 amide bonds. The van der Waals surface area contributed by atoms with Gasteiger partial charge in [-0.1, -0.05) is 6.92 Å². The van der Waals surface area contributed by atoms with Gasteiger partial charge in [0.05, 0.1) is 13.2 Å². The number of carbonyl (C=O) groups is 1. The zero-order valence-electron chi connectivity index (χ0n) is 10.0. The molecule has 0 saturated heterocycles. The van der Waals surface area contributed by atoms with Gasteiger partial charge in [-0.05, 0) is 6.42 Å². The first kappa shape index (κ1) is 12.3. The largest absolute Gasteiger partial charge is 0.464 e. The van der Waals surface area contributed by atoms with Crippen molar-refractivity contribution in [3.8, 4) is 11.6 Å². The number of carbonyl (C=O) groups excluding carboxylic acids is 1. The van der Waals surface area contributed by atoms with Crippen LogP contribution in [-0.2, 0) is 4.74 Å². The van der Waals surface area contributed by atoms with E-state index in [0.29, 0.717) is 18.0 Å². The first-order valence-electron chi connectivity index (χ1n) is 5.41. The van der Waals surface area contributed by atoms with Crippen LogP contribution in [0.15, 0.2) is 21.4 Å². The predicted molar refractivity (Wildman–Crippen MR) is 60.6 cm³/mol. The van der Waals surface area contributed by atoms with Crippen LogP contribution in [0.25, 0.3) is 11.6 Å². The van der Waals surface area contributed by atoms with Gasteiger partial charge >= 0.3 is 5.97 Å². The maximum Gasteiger partial charge on any atom is 0.360 e. The lowest BCUT2D eigenvalue weighted by Gasteiger charge is -2.00. The zero-order valence-corrected chi connectivity index (χ0v) is 10.0. The molecule has 2 aromatic heterocycles. The third-order valence-corrected chi connectivity index (χ3v) is 2.40. The molecule has 0 aromatic carbocycles. The molecule has 18 heavy (non-hydrogen) atoms. The fourth-order valence-corrected chi connectivity index (χ4v) is 1.32. The lowest BCUT2D eigenvalue weighted by molar-refractivity contribution is 0.0594. The van der Waals surface area contributed by atoms with Crippen molar-refractivity contribution in [1.82, 2.24) is 9.97 Å². The Bertz CT molecular complexity index is 546. The molecule has 0 bridgehead atoms. The van der Waals surface area contributed by atoms with Crippen molar-refractivity contribution in [3.05, 3.63) is 24.1 Å². The SMILES string of the molecule is CCC(N)c1nc(-c2nc(C(=O)OC)co2)co1. The lowest BCUT2D eigenvalue weighted by Crippen LogP contribution is -2.08. The van der Waals surface area contributed by atoms with Crippen LogP contribution < -0.4 is 5.73 Å². The van der Waals surface area contributed by atoms with Crippen molar-refractivity contribution in [2.24, 2.45) is 5.73 Å². The maximum absolute atomic E-state index is 11.2. The fraction of sp³-hybridized carbons (Fsp3) is 0.364. The molecule has 0 radical (unpaired) electrons. The quantitative estimate of drug-likeness (QED) is 0.821. The number of rotatable bonds is 4. The maximum atomic E-state index is 11.2. The minimum absolute atomic E-state index is 0.0804. The summed E-state index contributed by atoms with van der Waals surface area (Å²) in [4.78, 5) is 19.3. The topological polar surface area (TPSA) is 104 Å². The van der Waals surface area contributed by atoms with Gasteiger partial charge in [-0.2, -0.15) is 0 Å². The molecule has 96 valence electrons. The normalized spacial score (nSPS) is 12.4. The van der Waals surface area contributed by atoms with E-state index in [1.165, 1.54) is 19.6 Å². The third kappa shape index (κ3) is 2.25. The molecule has 0 fully saturated rings. The van der Waals surface area contributed by atoms with Crippen molar-refractivity contribution >= 4 is 5.97 Å². The molecular weight excluding hydrogens is 238 g/mol. The molecule has 2 rings (SSSR count). The van der Waals surface area contributed by atoms with Crippen molar-refractivity contribution < 1.29 is 18.4 Å². The highest BCUT2D eigenvalue weighted by atomic mass is 16.5. The van der Waals surface area contributed by atoms with Crippen LogP contribution in [0.3, 0.4) is 0 Å². The number of methoxy groups -OCH3 is 1. The molecule has 0 aliphatic heterocycles. The average molecular weight is 251 g/mol. The Morgan fingerprint density at radius 1 is 1.44 bits per heavy atom. The number of nitrogens with two attached hydrogens (primary N) is 1. The van der Waals surface area contributed by atoms with Crippen LogP contribution in [0.2, 0.25) is 0 Å². The Morgan fingerprint density at radius 3 is 2.89 bits per heavy atom. The third-order valence-electron chi connectivity index (χ3n) is 2.40. The van der Waals surface area contributed by atoms with Gasteiger partial charge in [-0.15, -0.1) is 0 Å². The van der Waals surface area contributed by atoms with Gasteiger partial charge in [0.25, 0.3) is 0 Å². The van der Waals surface area contributed by atoms with E-state index in [0.717, 1.165) is 0 Å². The van der Waals surface area contributed by atoms with Gasteiger partial charge in [-0.25, -0.2) is 14.8 Å². The van der Waals surface area contributed by atoms with Gasteiger partial charge in [0.2, 0.25) is 11.8 Å². The summed E-state index contributed by atoms with van der Waals surface area (Å²) in [5.74, 6) is 0.0259. The van der Waals surface area contributed by atoms with E-state index in [4.69, 9.17) is 14.6 Å². The van der Waals surface area contributed by atoms with Crippen LogP contribution in [0.4, 0.5) is 0 Å². The summed E-state index contributed by atoms with van der Waals surface area (Å²) in [6.45, 7) is 1.93.